The molecule has 0 bridgehead atoms. The van der Waals surface area contributed by atoms with Gasteiger partial charge in [0.25, 0.3) is 0 Å². The lowest BCUT2D eigenvalue weighted by atomic mass is 10.2. The van der Waals surface area contributed by atoms with Crippen LogP contribution in [0.3, 0.4) is 0 Å². The van der Waals surface area contributed by atoms with Gasteiger partial charge in [-0.25, -0.2) is 9.97 Å². The number of aromatic nitrogens is 3. The first kappa shape index (κ1) is 13.1. The predicted molar refractivity (Wildman–Crippen MR) is 72.5 cm³/mol. The summed E-state index contributed by atoms with van der Waals surface area (Å²) in [6.45, 7) is 5.81. The Morgan fingerprint density at radius 2 is 2.16 bits per heavy atom. The van der Waals surface area contributed by atoms with E-state index in [2.05, 4.69) is 15.0 Å². The van der Waals surface area contributed by atoms with Gasteiger partial charge in [-0.15, -0.1) is 0 Å². The minimum Gasteiger partial charge on any atom is -0.471 e. The monoisotopic (exact) mass is 260 g/mol. The minimum absolute atomic E-state index is 0.372. The van der Waals surface area contributed by atoms with Crippen molar-refractivity contribution in [2.24, 2.45) is 5.73 Å². The Hall–Kier alpha value is -2.37. The summed E-state index contributed by atoms with van der Waals surface area (Å²) < 4.78 is 5.80. The zero-order valence-corrected chi connectivity index (χ0v) is 11.1. The summed E-state index contributed by atoms with van der Waals surface area (Å²) in [6.07, 6.45) is 6.06. The molecule has 0 unspecified atom stereocenters. The van der Waals surface area contributed by atoms with Gasteiger partial charge in [0.1, 0.15) is 17.6 Å². The van der Waals surface area contributed by atoms with Gasteiger partial charge in [-0.1, -0.05) is 0 Å². The lowest BCUT2D eigenvalue weighted by Crippen LogP contribution is -2.23. The molecule has 2 aromatic rings. The van der Waals surface area contributed by atoms with Gasteiger partial charge in [-0.3, -0.25) is 4.79 Å². The van der Waals surface area contributed by atoms with Crippen LogP contribution in [0, 0.1) is 0 Å². The van der Waals surface area contributed by atoms with E-state index >= 15 is 0 Å². The average molecular weight is 260 g/mol. The maximum Gasteiger partial charge on any atom is 0.241 e. The molecule has 6 nitrogen and oxygen atoms in total. The molecule has 2 aromatic heterocycles. The smallest absolute Gasteiger partial charge is 0.241 e. The van der Waals surface area contributed by atoms with Crippen LogP contribution in [0.1, 0.15) is 26.3 Å². The second-order valence-electron chi connectivity index (χ2n) is 5.10. The second-order valence-corrected chi connectivity index (χ2v) is 5.10. The first-order valence-corrected chi connectivity index (χ1v) is 5.85. The number of nitrogens with one attached hydrogen (secondary N) is 1. The van der Waals surface area contributed by atoms with Crippen LogP contribution in [0.4, 0.5) is 0 Å². The van der Waals surface area contributed by atoms with E-state index in [-0.39, 0.29) is 5.60 Å². The van der Waals surface area contributed by atoms with Crippen LogP contribution in [0.25, 0.3) is 17.1 Å². The molecule has 6 heteroatoms. The van der Waals surface area contributed by atoms with Crippen LogP contribution in [0.2, 0.25) is 0 Å². The third-order valence-electron chi connectivity index (χ3n) is 2.30. The lowest BCUT2D eigenvalue weighted by Gasteiger charge is -2.20. The predicted octanol–water partition coefficient (Wildman–Crippen LogP) is 1.63. The third kappa shape index (κ3) is 3.09. The zero-order valence-electron chi connectivity index (χ0n) is 11.1. The van der Waals surface area contributed by atoms with E-state index < -0.39 is 5.91 Å². The number of amides is 1. The lowest BCUT2D eigenvalue weighted by molar-refractivity contribution is -0.113. The number of carbonyl (C=O) groups excluding carboxylic acids is 1. The first-order chi connectivity index (χ1) is 8.87. The number of rotatable bonds is 3. The maximum atomic E-state index is 10.8. The molecule has 0 saturated carbocycles. The number of aromatic amines is 1. The zero-order chi connectivity index (χ0) is 14.0. The summed E-state index contributed by atoms with van der Waals surface area (Å²) in [7, 11) is 0. The van der Waals surface area contributed by atoms with Crippen molar-refractivity contribution in [1.29, 1.82) is 0 Å². The van der Waals surface area contributed by atoms with Crippen molar-refractivity contribution >= 4 is 23.0 Å². The highest BCUT2D eigenvalue weighted by Crippen LogP contribution is 2.28. The molecular formula is C13H16N4O2. The molecule has 3 N–H and O–H groups in total. The Morgan fingerprint density at radius 1 is 1.42 bits per heavy atom. The molecule has 0 fully saturated rings. The van der Waals surface area contributed by atoms with Crippen LogP contribution in [-0.2, 0) is 4.79 Å². The van der Waals surface area contributed by atoms with Gasteiger partial charge in [-0.2, -0.15) is 0 Å². The largest absolute Gasteiger partial charge is 0.471 e. The fraction of sp³-hybridized carbons (Fsp3) is 0.308. The van der Waals surface area contributed by atoms with E-state index in [0.717, 1.165) is 10.9 Å². The van der Waals surface area contributed by atoms with Crippen LogP contribution in [-0.4, -0.2) is 26.5 Å². The molecule has 0 aliphatic rings. The second kappa shape index (κ2) is 4.72. The van der Waals surface area contributed by atoms with E-state index in [1.54, 1.807) is 12.3 Å². The molecule has 0 saturated heterocycles. The molecule has 0 radical (unpaired) electrons. The highest BCUT2D eigenvalue weighted by molar-refractivity contribution is 5.96. The van der Waals surface area contributed by atoms with Crippen LogP contribution in [0.15, 0.2) is 18.6 Å². The SMILES string of the molecule is CC(C)(C)Oc1ncnc2[nH]cc(/C=C/C(N)=O)c12. The topological polar surface area (TPSA) is 93.9 Å². The highest BCUT2D eigenvalue weighted by Gasteiger charge is 2.17. The number of nitrogens with zero attached hydrogens (tertiary/aromatic N) is 2. The molecule has 1 amide bonds. The van der Waals surface area contributed by atoms with E-state index in [9.17, 15) is 4.79 Å². The first-order valence-electron chi connectivity index (χ1n) is 5.85. The fourth-order valence-electron chi connectivity index (χ4n) is 1.63. The third-order valence-corrected chi connectivity index (χ3v) is 2.30. The highest BCUT2D eigenvalue weighted by atomic mass is 16.5. The number of ether oxygens (including phenoxy) is 1. The molecule has 2 heterocycles. The Morgan fingerprint density at radius 3 is 2.79 bits per heavy atom. The quantitative estimate of drug-likeness (QED) is 0.820. The summed E-state index contributed by atoms with van der Waals surface area (Å²) in [4.78, 5) is 22.1. The van der Waals surface area contributed by atoms with Crippen molar-refractivity contribution in [1.82, 2.24) is 15.0 Å². The summed E-state index contributed by atoms with van der Waals surface area (Å²) >= 11 is 0. The van der Waals surface area contributed by atoms with Gasteiger partial charge in [-0.05, 0) is 26.8 Å². The molecule has 0 aliphatic carbocycles. The number of carbonyl (C=O) groups is 1. The van der Waals surface area contributed by atoms with Gasteiger partial charge in [0.05, 0.1) is 5.39 Å². The van der Waals surface area contributed by atoms with Gasteiger partial charge in [0.2, 0.25) is 11.8 Å². The van der Waals surface area contributed by atoms with Gasteiger partial charge in [0, 0.05) is 17.8 Å². The molecule has 0 spiro atoms. The van der Waals surface area contributed by atoms with E-state index in [0.29, 0.717) is 11.5 Å². The molecule has 100 valence electrons. The maximum absolute atomic E-state index is 10.8. The number of hydrogen-bond donors (Lipinski definition) is 2. The van der Waals surface area contributed by atoms with E-state index in [4.69, 9.17) is 10.5 Å². The van der Waals surface area contributed by atoms with Gasteiger partial charge >= 0.3 is 0 Å². The van der Waals surface area contributed by atoms with Crippen LogP contribution < -0.4 is 10.5 Å². The van der Waals surface area contributed by atoms with Crippen molar-refractivity contribution in [3.8, 4) is 5.88 Å². The number of nitrogens with two attached hydrogens (primary N) is 1. The Kier molecular flexibility index (Phi) is 3.25. The summed E-state index contributed by atoms with van der Waals surface area (Å²) in [5.74, 6) is -0.0349. The molecular weight excluding hydrogens is 244 g/mol. The summed E-state index contributed by atoms with van der Waals surface area (Å²) in [5, 5.41) is 0.731. The standard InChI is InChI=1S/C13H16N4O2/c1-13(2,3)19-12-10-8(4-5-9(14)18)6-15-11(10)16-7-17-12/h4-7H,1-3H3,(H2,14,18)(H,15,16,17)/b5-4+. The molecule has 0 aromatic carbocycles. The van der Waals surface area contributed by atoms with Gasteiger partial charge < -0.3 is 15.5 Å². The summed E-state index contributed by atoms with van der Waals surface area (Å²) in [5.41, 5.74) is 6.13. The number of primary amides is 1. The van der Waals surface area contributed by atoms with Crippen molar-refractivity contribution < 1.29 is 9.53 Å². The van der Waals surface area contributed by atoms with Crippen molar-refractivity contribution in [2.45, 2.75) is 26.4 Å². The van der Waals surface area contributed by atoms with E-state index in [1.807, 2.05) is 20.8 Å². The number of hydrogen-bond acceptors (Lipinski definition) is 4. The van der Waals surface area contributed by atoms with E-state index in [1.165, 1.54) is 12.4 Å². The van der Waals surface area contributed by atoms with Crippen molar-refractivity contribution in [3.63, 3.8) is 0 Å². The minimum atomic E-state index is -0.510. The molecule has 19 heavy (non-hydrogen) atoms. The fourth-order valence-corrected chi connectivity index (χ4v) is 1.63. The van der Waals surface area contributed by atoms with Crippen molar-refractivity contribution in [2.75, 3.05) is 0 Å². The Bertz CT molecular complexity index is 638. The number of fused-ring (bicyclic) bond motifs is 1. The normalized spacial score (nSPS) is 12.2. The van der Waals surface area contributed by atoms with Crippen LogP contribution >= 0.6 is 0 Å². The van der Waals surface area contributed by atoms with Crippen molar-refractivity contribution in [3.05, 3.63) is 24.2 Å². The number of H-pyrrole nitrogens is 1. The molecule has 2 rings (SSSR count). The molecule has 0 aliphatic heterocycles. The Balaban J connectivity index is 2.52. The Labute approximate surface area is 110 Å². The van der Waals surface area contributed by atoms with Crippen LogP contribution in [0.5, 0.6) is 5.88 Å². The molecule has 0 atom stereocenters. The average Bonchev–Trinajstić information content (AvgIpc) is 2.68. The summed E-state index contributed by atoms with van der Waals surface area (Å²) in [6, 6.07) is 0. The van der Waals surface area contributed by atoms with Gasteiger partial charge in [0.15, 0.2) is 0 Å².